The first kappa shape index (κ1) is 15.7. The van der Waals surface area contributed by atoms with Gasteiger partial charge in [-0.15, -0.1) is 0 Å². The van der Waals surface area contributed by atoms with Crippen LogP contribution in [-0.4, -0.2) is 19.5 Å². The van der Waals surface area contributed by atoms with Crippen LogP contribution in [-0.2, 0) is 5.54 Å². The van der Waals surface area contributed by atoms with Crippen molar-refractivity contribution in [3.8, 4) is 0 Å². The minimum Gasteiger partial charge on any atom is -0.368 e. The summed E-state index contributed by atoms with van der Waals surface area (Å²) >= 11 is 0. The van der Waals surface area contributed by atoms with E-state index in [4.69, 9.17) is 5.73 Å². The van der Waals surface area contributed by atoms with Gasteiger partial charge in [-0.05, 0) is 19.8 Å². The minimum atomic E-state index is 0.0434. The molecule has 2 N–H and O–H groups in total. The quantitative estimate of drug-likeness (QED) is 0.748. The first-order valence-electron chi connectivity index (χ1n) is 8.06. The van der Waals surface area contributed by atoms with Crippen molar-refractivity contribution in [3.05, 3.63) is 12.5 Å². The molecule has 1 atom stereocenters. The summed E-state index contributed by atoms with van der Waals surface area (Å²) in [6.45, 7) is 6.76. The molecular formula is C16H27N5. The standard InChI is InChI=1S/C16H27N5/c1-4-6-7-8-9-10-16(3,5-2)21-12-19-13-11-18-15(17)20-14(13)21/h11-12H,4-10H2,1-3H3,(H2,17,18,20). The second kappa shape index (κ2) is 6.87. The van der Waals surface area contributed by atoms with Gasteiger partial charge < -0.3 is 10.3 Å². The summed E-state index contributed by atoms with van der Waals surface area (Å²) in [5.41, 5.74) is 7.43. The van der Waals surface area contributed by atoms with Gasteiger partial charge in [0.05, 0.1) is 12.5 Å². The van der Waals surface area contributed by atoms with Gasteiger partial charge in [0.2, 0.25) is 5.95 Å². The number of nitrogen functional groups attached to an aromatic ring is 1. The number of hydrogen-bond donors (Lipinski definition) is 1. The van der Waals surface area contributed by atoms with Crippen molar-refractivity contribution in [2.45, 2.75) is 71.3 Å². The lowest BCUT2D eigenvalue weighted by molar-refractivity contribution is 0.277. The molecule has 0 spiro atoms. The number of fused-ring (bicyclic) bond motifs is 1. The van der Waals surface area contributed by atoms with Gasteiger partial charge in [-0.3, -0.25) is 0 Å². The summed E-state index contributed by atoms with van der Waals surface area (Å²) < 4.78 is 2.18. The molecule has 21 heavy (non-hydrogen) atoms. The summed E-state index contributed by atoms with van der Waals surface area (Å²) in [5.74, 6) is 0.311. The van der Waals surface area contributed by atoms with E-state index in [0.717, 1.165) is 24.0 Å². The van der Waals surface area contributed by atoms with Gasteiger partial charge in [0.1, 0.15) is 5.52 Å². The zero-order chi connectivity index (χ0) is 15.3. The molecule has 0 bridgehead atoms. The number of hydrogen-bond acceptors (Lipinski definition) is 4. The summed E-state index contributed by atoms with van der Waals surface area (Å²) in [6, 6.07) is 0. The van der Waals surface area contributed by atoms with Crippen molar-refractivity contribution in [1.29, 1.82) is 0 Å². The summed E-state index contributed by atoms with van der Waals surface area (Å²) in [5, 5.41) is 0. The van der Waals surface area contributed by atoms with Crippen LogP contribution in [0.15, 0.2) is 12.5 Å². The maximum absolute atomic E-state index is 5.73. The molecule has 5 nitrogen and oxygen atoms in total. The highest BCUT2D eigenvalue weighted by Crippen LogP contribution is 2.30. The topological polar surface area (TPSA) is 69.6 Å². The van der Waals surface area contributed by atoms with Crippen LogP contribution in [0.2, 0.25) is 0 Å². The Balaban J connectivity index is 2.15. The summed E-state index contributed by atoms with van der Waals surface area (Å²) in [6.07, 6.45) is 12.3. The molecule has 1 unspecified atom stereocenters. The number of anilines is 1. The molecule has 0 aliphatic heterocycles. The smallest absolute Gasteiger partial charge is 0.222 e. The second-order valence-electron chi connectivity index (χ2n) is 6.07. The van der Waals surface area contributed by atoms with E-state index in [0.29, 0.717) is 5.95 Å². The Hall–Kier alpha value is -1.65. The van der Waals surface area contributed by atoms with Gasteiger partial charge in [-0.25, -0.2) is 9.97 Å². The second-order valence-corrected chi connectivity index (χ2v) is 6.07. The van der Waals surface area contributed by atoms with Crippen molar-refractivity contribution in [1.82, 2.24) is 19.5 Å². The van der Waals surface area contributed by atoms with Crippen LogP contribution in [0.4, 0.5) is 5.95 Å². The van der Waals surface area contributed by atoms with Gasteiger partial charge in [0, 0.05) is 5.54 Å². The number of aromatic nitrogens is 4. The van der Waals surface area contributed by atoms with Crippen molar-refractivity contribution in [2.24, 2.45) is 0 Å². The van der Waals surface area contributed by atoms with Crippen LogP contribution in [0.25, 0.3) is 11.2 Å². The highest BCUT2D eigenvalue weighted by Gasteiger charge is 2.26. The molecule has 0 radical (unpaired) electrons. The number of unbranched alkanes of at least 4 members (excludes halogenated alkanes) is 4. The molecule has 116 valence electrons. The highest BCUT2D eigenvalue weighted by molar-refractivity contribution is 5.70. The molecule has 0 fully saturated rings. The molecule has 2 aromatic rings. The van der Waals surface area contributed by atoms with Crippen LogP contribution in [0.3, 0.4) is 0 Å². The third-order valence-electron chi connectivity index (χ3n) is 4.47. The SMILES string of the molecule is CCCCCCCC(C)(CC)n1cnc2cnc(N)nc21. The van der Waals surface area contributed by atoms with Gasteiger partial charge in [0.15, 0.2) is 5.65 Å². The van der Waals surface area contributed by atoms with E-state index in [1.54, 1.807) is 6.20 Å². The van der Waals surface area contributed by atoms with Crippen LogP contribution < -0.4 is 5.73 Å². The van der Waals surface area contributed by atoms with E-state index in [1.807, 2.05) is 6.33 Å². The highest BCUT2D eigenvalue weighted by atomic mass is 15.2. The Morgan fingerprint density at radius 1 is 1.14 bits per heavy atom. The number of rotatable bonds is 8. The average molecular weight is 289 g/mol. The Morgan fingerprint density at radius 2 is 1.90 bits per heavy atom. The van der Waals surface area contributed by atoms with Gasteiger partial charge in [-0.2, -0.15) is 4.98 Å². The molecule has 2 rings (SSSR count). The molecule has 5 heteroatoms. The van der Waals surface area contributed by atoms with E-state index >= 15 is 0 Å². The first-order chi connectivity index (χ1) is 10.1. The first-order valence-corrected chi connectivity index (χ1v) is 8.06. The van der Waals surface area contributed by atoms with Crippen LogP contribution in [0.1, 0.15) is 65.7 Å². The van der Waals surface area contributed by atoms with E-state index in [9.17, 15) is 0 Å². The number of nitrogens with zero attached hydrogens (tertiary/aromatic N) is 4. The van der Waals surface area contributed by atoms with Crippen molar-refractivity contribution in [2.75, 3.05) is 5.73 Å². The Bertz CT molecular complexity index is 577. The Morgan fingerprint density at radius 3 is 2.62 bits per heavy atom. The van der Waals surface area contributed by atoms with E-state index in [-0.39, 0.29) is 5.54 Å². The van der Waals surface area contributed by atoms with Crippen LogP contribution in [0.5, 0.6) is 0 Å². The van der Waals surface area contributed by atoms with Gasteiger partial charge in [-0.1, -0.05) is 46.0 Å². The fraction of sp³-hybridized carbons (Fsp3) is 0.688. The molecule has 0 saturated carbocycles. The van der Waals surface area contributed by atoms with Gasteiger partial charge in [0.25, 0.3) is 0 Å². The maximum Gasteiger partial charge on any atom is 0.222 e. The predicted octanol–water partition coefficient (Wildman–Crippen LogP) is 3.89. The average Bonchev–Trinajstić information content (AvgIpc) is 2.90. The fourth-order valence-electron chi connectivity index (χ4n) is 2.79. The van der Waals surface area contributed by atoms with Crippen LogP contribution in [0, 0.1) is 0 Å². The maximum atomic E-state index is 5.73. The molecule has 0 aromatic carbocycles. The molecular weight excluding hydrogens is 262 g/mol. The zero-order valence-electron chi connectivity index (χ0n) is 13.5. The predicted molar refractivity (Wildman–Crippen MR) is 87.1 cm³/mol. The largest absolute Gasteiger partial charge is 0.368 e. The molecule has 0 saturated heterocycles. The molecule has 0 amide bonds. The lowest BCUT2D eigenvalue weighted by Crippen LogP contribution is -2.29. The Labute approximate surface area is 127 Å². The monoisotopic (exact) mass is 289 g/mol. The normalized spacial score (nSPS) is 14.4. The van der Waals surface area contributed by atoms with Gasteiger partial charge >= 0.3 is 0 Å². The van der Waals surface area contributed by atoms with E-state index in [1.165, 1.54) is 32.1 Å². The van der Waals surface area contributed by atoms with Crippen molar-refractivity contribution >= 4 is 17.1 Å². The molecule has 2 aromatic heterocycles. The number of imidazole rings is 1. The lowest BCUT2D eigenvalue weighted by atomic mass is 9.91. The molecule has 0 aliphatic carbocycles. The summed E-state index contributed by atoms with van der Waals surface area (Å²) in [7, 11) is 0. The fourth-order valence-corrected chi connectivity index (χ4v) is 2.79. The van der Waals surface area contributed by atoms with Crippen LogP contribution >= 0.6 is 0 Å². The summed E-state index contributed by atoms with van der Waals surface area (Å²) in [4.78, 5) is 12.8. The minimum absolute atomic E-state index is 0.0434. The van der Waals surface area contributed by atoms with E-state index in [2.05, 4.69) is 40.3 Å². The van der Waals surface area contributed by atoms with Crippen molar-refractivity contribution in [3.63, 3.8) is 0 Å². The molecule has 0 aliphatic rings. The zero-order valence-corrected chi connectivity index (χ0v) is 13.5. The third kappa shape index (κ3) is 3.52. The van der Waals surface area contributed by atoms with E-state index < -0.39 is 0 Å². The lowest BCUT2D eigenvalue weighted by Gasteiger charge is -2.30. The molecule has 2 heterocycles. The Kier molecular flexibility index (Phi) is 5.15. The number of nitrogens with two attached hydrogens (primary N) is 1. The van der Waals surface area contributed by atoms with Crippen molar-refractivity contribution < 1.29 is 0 Å². The third-order valence-corrected chi connectivity index (χ3v) is 4.47.